The molecular weight excluding hydrogens is 458 g/mol. The maximum Gasteiger partial charge on any atom is 0.0429 e. The minimum absolute atomic E-state index is 0.913. The van der Waals surface area contributed by atoms with E-state index in [0.717, 1.165) is 45.1 Å². The van der Waals surface area contributed by atoms with Crippen molar-refractivity contribution in [3.63, 3.8) is 0 Å². The van der Waals surface area contributed by atoms with Gasteiger partial charge in [0.05, 0.1) is 0 Å². The molecule has 1 heterocycles. The number of fused-ring (bicyclic) bond motifs is 3. The lowest BCUT2D eigenvalue weighted by Crippen LogP contribution is -2.33. The molecule has 0 unspecified atom stereocenters. The highest BCUT2D eigenvalue weighted by Gasteiger charge is 2.21. The summed E-state index contributed by atoms with van der Waals surface area (Å²) in [5.74, 6) is 0. The summed E-state index contributed by atoms with van der Waals surface area (Å²) in [6.45, 7) is 3.18. The zero-order valence-electron chi connectivity index (χ0n) is 22.1. The van der Waals surface area contributed by atoms with Crippen molar-refractivity contribution < 1.29 is 0 Å². The lowest BCUT2D eigenvalue weighted by Gasteiger charge is -2.24. The lowest BCUT2D eigenvalue weighted by molar-refractivity contribution is 0.899. The van der Waals surface area contributed by atoms with Gasteiger partial charge in [0.2, 0.25) is 0 Å². The molecule has 4 aromatic carbocycles. The van der Waals surface area contributed by atoms with Crippen molar-refractivity contribution in [3.05, 3.63) is 123 Å². The molecule has 3 aliphatic rings. The fourth-order valence-corrected chi connectivity index (χ4v) is 6.85. The fraction of sp³-hybridized carbons (Fsp3) is 0.216. The molecule has 0 amide bonds. The summed E-state index contributed by atoms with van der Waals surface area (Å²) < 4.78 is 0. The maximum absolute atomic E-state index is 4.38. The van der Waals surface area contributed by atoms with Crippen LogP contribution >= 0.6 is 0 Å². The summed E-state index contributed by atoms with van der Waals surface area (Å²) in [6, 6.07) is 25.1. The summed E-state index contributed by atoms with van der Waals surface area (Å²) in [6.07, 6.45) is 17.9. The van der Waals surface area contributed by atoms with Gasteiger partial charge in [0.1, 0.15) is 0 Å². The van der Waals surface area contributed by atoms with Crippen molar-refractivity contribution in [1.82, 2.24) is 0 Å². The molecule has 186 valence electrons. The smallest absolute Gasteiger partial charge is 0.0429 e. The number of aryl methyl sites for hydroxylation is 1. The third-order valence-electron chi connectivity index (χ3n) is 8.65. The molecule has 0 atom stereocenters. The molecule has 0 radical (unpaired) electrons. The number of dihydropyridines is 1. The van der Waals surface area contributed by atoms with Crippen molar-refractivity contribution >= 4 is 45.0 Å². The molecule has 0 saturated heterocycles. The molecule has 38 heavy (non-hydrogen) atoms. The Kier molecular flexibility index (Phi) is 5.93. The molecule has 0 fully saturated rings. The number of hydrogen-bond donors (Lipinski definition) is 0. The van der Waals surface area contributed by atoms with Crippen LogP contribution in [0.3, 0.4) is 0 Å². The summed E-state index contributed by atoms with van der Waals surface area (Å²) in [4.78, 5) is 4.38. The molecule has 0 bridgehead atoms. The SMILES string of the molecule is CCc1cccc2c1=CCCC=2c1c2ccccc2c(C2=CC=C(C3=CC=NCC3)CC2)c2ccccc12. The predicted molar refractivity (Wildman–Crippen MR) is 164 cm³/mol. The van der Waals surface area contributed by atoms with Crippen LogP contribution in [0.4, 0.5) is 0 Å². The van der Waals surface area contributed by atoms with E-state index >= 15 is 0 Å². The van der Waals surface area contributed by atoms with Crippen molar-refractivity contribution in [2.75, 3.05) is 6.54 Å². The second kappa shape index (κ2) is 9.72. The van der Waals surface area contributed by atoms with E-state index in [-0.39, 0.29) is 0 Å². The van der Waals surface area contributed by atoms with Crippen LogP contribution in [0, 0.1) is 0 Å². The summed E-state index contributed by atoms with van der Waals surface area (Å²) >= 11 is 0. The number of allylic oxidation sites excluding steroid dienone is 5. The highest BCUT2D eigenvalue weighted by atomic mass is 14.7. The van der Waals surface area contributed by atoms with E-state index in [1.807, 2.05) is 6.21 Å². The Morgan fingerprint density at radius 3 is 1.92 bits per heavy atom. The molecule has 0 saturated carbocycles. The van der Waals surface area contributed by atoms with E-state index in [4.69, 9.17) is 0 Å². The molecule has 4 aromatic rings. The minimum atomic E-state index is 0.913. The topological polar surface area (TPSA) is 12.4 Å². The number of benzene rings is 4. The fourth-order valence-electron chi connectivity index (χ4n) is 6.85. The Morgan fingerprint density at radius 1 is 0.632 bits per heavy atom. The van der Waals surface area contributed by atoms with Crippen LogP contribution in [0.2, 0.25) is 0 Å². The third kappa shape index (κ3) is 3.80. The average Bonchev–Trinajstić information content (AvgIpc) is 3.00. The summed E-state index contributed by atoms with van der Waals surface area (Å²) in [7, 11) is 0. The average molecular weight is 492 g/mol. The summed E-state index contributed by atoms with van der Waals surface area (Å²) in [5.41, 5.74) is 10.2. The molecule has 2 aliphatic carbocycles. The van der Waals surface area contributed by atoms with E-state index in [1.165, 1.54) is 71.0 Å². The van der Waals surface area contributed by atoms with Crippen LogP contribution in [0.25, 0.3) is 38.8 Å². The Balaban J connectivity index is 1.51. The van der Waals surface area contributed by atoms with Gasteiger partial charge in [-0.25, -0.2) is 0 Å². The van der Waals surface area contributed by atoms with E-state index in [0.29, 0.717) is 0 Å². The first-order valence-electron chi connectivity index (χ1n) is 14.2. The van der Waals surface area contributed by atoms with Gasteiger partial charge < -0.3 is 0 Å². The van der Waals surface area contributed by atoms with Gasteiger partial charge in [-0.3, -0.25) is 4.99 Å². The van der Waals surface area contributed by atoms with Gasteiger partial charge in [-0.15, -0.1) is 0 Å². The van der Waals surface area contributed by atoms with Crippen molar-refractivity contribution in [2.24, 2.45) is 4.99 Å². The van der Waals surface area contributed by atoms with Crippen LogP contribution in [0.15, 0.2) is 101 Å². The zero-order chi connectivity index (χ0) is 25.5. The van der Waals surface area contributed by atoms with Gasteiger partial charge in [-0.2, -0.15) is 0 Å². The zero-order valence-corrected chi connectivity index (χ0v) is 22.1. The third-order valence-corrected chi connectivity index (χ3v) is 8.65. The Bertz CT molecular complexity index is 1780. The maximum atomic E-state index is 4.38. The van der Waals surface area contributed by atoms with Crippen LogP contribution < -0.4 is 10.4 Å². The van der Waals surface area contributed by atoms with Crippen LogP contribution in [-0.2, 0) is 6.42 Å². The molecule has 1 heteroatoms. The van der Waals surface area contributed by atoms with Crippen LogP contribution in [-0.4, -0.2) is 12.8 Å². The predicted octanol–water partition coefficient (Wildman–Crippen LogP) is 7.83. The van der Waals surface area contributed by atoms with Crippen molar-refractivity contribution in [1.29, 1.82) is 0 Å². The van der Waals surface area contributed by atoms with Gasteiger partial charge >= 0.3 is 0 Å². The molecule has 7 rings (SSSR count). The first kappa shape index (κ1) is 23.2. The normalized spacial score (nSPS) is 17.1. The first-order chi connectivity index (χ1) is 18.8. The molecular formula is C37H33N. The van der Waals surface area contributed by atoms with Gasteiger partial charge in [-0.05, 0) is 116 Å². The van der Waals surface area contributed by atoms with E-state index in [9.17, 15) is 0 Å². The summed E-state index contributed by atoms with van der Waals surface area (Å²) in [5, 5.41) is 8.39. The second-order valence-electron chi connectivity index (χ2n) is 10.7. The van der Waals surface area contributed by atoms with Crippen LogP contribution in [0.5, 0.6) is 0 Å². The van der Waals surface area contributed by atoms with Gasteiger partial charge in [0, 0.05) is 12.8 Å². The largest absolute Gasteiger partial charge is 0.293 e. The van der Waals surface area contributed by atoms with Crippen LogP contribution in [0.1, 0.15) is 55.7 Å². The molecule has 1 nitrogen and oxygen atoms in total. The van der Waals surface area contributed by atoms with E-state index in [1.54, 1.807) is 0 Å². The van der Waals surface area contributed by atoms with E-state index in [2.05, 4.69) is 103 Å². The molecule has 0 N–H and O–H groups in total. The van der Waals surface area contributed by atoms with Gasteiger partial charge in [0.25, 0.3) is 0 Å². The van der Waals surface area contributed by atoms with Crippen molar-refractivity contribution in [2.45, 2.75) is 45.4 Å². The number of nitrogens with zero attached hydrogens (tertiary/aromatic N) is 1. The standard InChI is InChI=1S/C37H33N/c1-2-25-9-7-15-30-29(25)14-8-16-31(30)37-34-12-5-3-10-32(34)36(33-11-4-6-13-35(33)37)28-19-17-26(18-20-28)27-21-23-38-24-22-27/h3-7,9-15,17,19,21,23H,2,8,16,18,20,22,24H2,1H3. The van der Waals surface area contributed by atoms with Gasteiger partial charge in [-0.1, -0.05) is 91.9 Å². The Hall–Kier alpha value is -3.97. The quantitative estimate of drug-likeness (QED) is 0.258. The lowest BCUT2D eigenvalue weighted by atomic mass is 9.80. The monoisotopic (exact) mass is 491 g/mol. The Morgan fingerprint density at radius 2 is 1.29 bits per heavy atom. The Labute approximate surface area is 224 Å². The van der Waals surface area contributed by atoms with Crippen molar-refractivity contribution in [3.8, 4) is 0 Å². The molecule has 0 spiro atoms. The highest BCUT2D eigenvalue weighted by Crippen LogP contribution is 2.43. The van der Waals surface area contributed by atoms with Gasteiger partial charge in [0.15, 0.2) is 0 Å². The molecule has 0 aromatic heterocycles. The number of rotatable bonds is 4. The van der Waals surface area contributed by atoms with E-state index < -0.39 is 0 Å². The minimum Gasteiger partial charge on any atom is -0.293 e. The highest BCUT2D eigenvalue weighted by molar-refractivity contribution is 6.16. The number of hydrogen-bond acceptors (Lipinski definition) is 1. The molecule has 1 aliphatic heterocycles. The number of aliphatic imine (C=N–C) groups is 1. The first-order valence-corrected chi connectivity index (χ1v) is 14.2. The second-order valence-corrected chi connectivity index (χ2v) is 10.7.